The zero-order valence-electron chi connectivity index (χ0n) is 11.6. The number of rotatable bonds is 2. The third kappa shape index (κ3) is 2.15. The van der Waals surface area contributed by atoms with E-state index in [2.05, 4.69) is 4.98 Å². The van der Waals surface area contributed by atoms with Gasteiger partial charge in [-0.15, -0.1) is 0 Å². The number of nitrogen functional groups attached to an aromatic ring is 1. The SMILES string of the molecule is CC1(C)O[C@@H]2[C@H](O1)C(CO)=C(F)[C@H]2n1ccc(N)nc1=O. The van der Waals surface area contributed by atoms with Gasteiger partial charge in [-0.25, -0.2) is 9.18 Å². The molecule has 7 nitrogen and oxygen atoms in total. The number of hydrogen-bond donors (Lipinski definition) is 2. The first-order valence-corrected chi connectivity index (χ1v) is 6.53. The van der Waals surface area contributed by atoms with Crippen molar-refractivity contribution >= 4 is 5.82 Å². The van der Waals surface area contributed by atoms with Crippen LogP contribution in [0.3, 0.4) is 0 Å². The van der Waals surface area contributed by atoms with E-state index in [0.717, 1.165) is 4.57 Å². The Balaban J connectivity index is 2.09. The van der Waals surface area contributed by atoms with Crippen LogP contribution in [0.2, 0.25) is 0 Å². The Bertz CT molecular complexity index is 670. The molecule has 0 saturated carbocycles. The molecule has 0 aromatic carbocycles. The first-order chi connectivity index (χ1) is 9.84. The van der Waals surface area contributed by atoms with Crippen molar-refractivity contribution in [1.82, 2.24) is 9.55 Å². The van der Waals surface area contributed by atoms with Crippen LogP contribution >= 0.6 is 0 Å². The minimum Gasteiger partial charge on any atom is -0.392 e. The van der Waals surface area contributed by atoms with Gasteiger partial charge in [0.25, 0.3) is 0 Å². The molecule has 0 unspecified atom stereocenters. The number of hydrogen-bond acceptors (Lipinski definition) is 6. The fourth-order valence-electron chi connectivity index (χ4n) is 2.84. The minimum atomic E-state index is -1.01. The molecule has 3 rings (SSSR count). The highest BCUT2D eigenvalue weighted by atomic mass is 19.1. The Hall–Kier alpha value is -1.77. The fourth-order valence-corrected chi connectivity index (χ4v) is 2.84. The number of halogens is 1. The molecular weight excluding hydrogens is 281 g/mol. The number of fused-ring (bicyclic) bond motifs is 1. The molecule has 1 aliphatic carbocycles. The fraction of sp³-hybridized carbons (Fsp3) is 0.538. The smallest absolute Gasteiger partial charge is 0.350 e. The Morgan fingerprint density at radius 3 is 2.86 bits per heavy atom. The maximum atomic E-state index is 14.5. The highest BCUT2D eigenvalue weighted by Gasteiger charge is 2.54. The number of aliphatic hydroxyl groups is 1. The molecule has 1 aliphatic heterocycles. The Kier molecular flexibility index (Phi) is 3.12. The second-order valence-electron chi connectivity index (χ2n) is 5.54. The van der Waals surface area contributed by atoms with Crippen molar-refractivity contribution in [3.63, 3.8) is 0 Å². The van der Waals surface area contributed by atoms with E-state index in [4.69, 9.17) is 15.2 Å². The number of aliphatic hydroxyl groups excluding tert-OH is 1. The van der Waals surface area contributed by atoms with Gasteiger partial charge in [-0.3, -0.25) is 4.57 Å². The molecular formula is C13H16FN3O4. The molecule has 0 spiro atoms. The quantitative estimate of drug-likeness (QED) is 0.804. The topological polar surface area (TPSA) is 99.6 Å². The van der Waals surface area contributed by atoms with E-state index in [1.165, 1.54) is 12.3 Å². The molecule has 1 fully saturated rings. The summed E-state index contributed by atoms with van der Waals surface area (Å²) in [6.45, 7) is 2.89. The van der Waals surface area contributed by atoms with E-state index >= 15 is 0 Å². The molecule has 21 heavy (non-hydrogen) atoms. The first kappa shape index (κ1) is 14.2. The molecule has 8 heteroatoms. The van der Waals surface area contributed by atoms with Crippen LogP contribution in [0.25, 0.3) is 0 Å². The van der Waals surface area contributed by atoms with Crippen LogP contribution in [-0.2, 0) is 9.47 Å². The molecule has 0 amide bonds. The average Bonchev–Trinajstić information content (AvgIpc) is 2.80. The van der Waals surface area contributed by atoms with Crippen molar-refractivity contribution in [3.05, 3.63) is 34.1 Å². The van der Waals surface area contributed by atoms with Gasteiger partial charge >= 0.3 is 5.69 Å². The zero-order chi connectivity index (χ0) is 15.4. The summed E-state index contributed by atoms with van der Waals surface area (Å²) in [6.07, 6.45) is -0.0919. The van der Waals surface area contributed by atoms with Gasteiger partial charge in [0.2, 0.25) is 0 Å². The van der Waals surface area contributed by atoms with Crippen LogP contribution in [0.5, 0.6) is 0 Å². The molecule has 0 bridgehead atoms. The van der Waals surface area contributed by atoms with E-state index in [1.54, 1.807) is 13.8 Å². The number of nitrogens with zero attached hydrogens (tertiary/aromatic N) is 2. The highest BCUT2D eigenvalue weighted by molar-refractivity contribution is 5.32. The number of nitrogens with two attached hydrogens (primary N) is 1. The zero-order valence-corrected chi connectivity index (χ0v) is 11.6. The van der Waals surface area contributed by atoms with Crippen molar-refractivity contribution in [2.24, 2.45) is 0 Å². The predicted molar refractivity (Wildman–Crippen MR) is 71.0 cm³/mol. The van der Waals surface area contributed by atoms with Crippen molar-refractivity contribution in [3.8, 4) is 0 Å². The maximum Gasteiger partial charge on any atom is 0.350 e. The summed E-state index contributed by atoms with van der Waals surface area (Å²) >= 11 is 0. The molecule has 1 aromatic heterocycles. The third-order valence-corrected chi connectivity index (χ3v) is 3.67. The number of aromatic nitrogens is 2. The van der Waals surface area contributed by atoms with Gasteiger partial charge in [-0.2, -0.15) is 4.98 Å². The van der Waals surface area contributed by atoms with Crippen LogP contribution in [0, 0.1) is 0 Å². The molecule has 3 atom stereocenters. The Morgan fingerprint density at radius 2 is 2.24 bits per heavy atom. The van der Waals surface area contributed by atoms with E-state index < -0.39 is 42.2 Å². The highest BCUT2D eigenvalue weighted by Crippen LogP contribution is 2.46. The van der Waals surface area contributed by atoms with Gasteiger partial charge in [0.15, 0.2) is 5.79 Å². The third-order valence-electron chi connectivity index (χ3n) is 3.67. The first-order valence-electron chi connectivity index (χ1n) is 6.53. The van der Waals surface area contributed by atoms with Crippen LogP contribution in [0.4, 0.5) is 10.2 Å². The lowest BCUT2D eigenvalue weighted by Crippen LogP contribution is -2.35. The van der Waals surface area contributed by atoms with Crippen molar-refractivity contribution in [2.75, 3.05) is 12.3 Å². The Morgan fingerprint density at radius 1 is 1.52 bits per heavy atom. The summed E-state index contributed by atoms with van der Waals surface area (Å²) in [5.41, 5.74) is 4.86. The van der Waals surface area contributed by atoms with E-state index in [9.17, 15) is 14.3 Å². The van der Waals surface area contributed by atoms with Crippen LogP contribution < -0.4 is 11.4 Å². The minimum absolute atomic E-state index is 0.0569. The average molecular weight is 297 g/mol. The maximum absolute atomic E-state index is 14.5. The lowest BCUT2D eigenvalue weighted by Gasteiger charge is -2.22. The monoisotopic (exact) mass is 297 g/mol. The summed E-state index contributed by atoms with van der Waals surface area (Å²) in [5.74, 6) is -1.49. The van der Waals surface area contributed by atoms with Crippen molar-refractivity contribution in [2.45, 2.75) is 37.9 Å². The number of ether oxygens (including phenoxy) is 2. The second kappa shape index (κ2) is 4.62. The Labute approximate surface area is 119 Å². The predicted octanol–water partition coefficient (Wildman–Crippen LogP) is 0.116. The molecule has 0 radical (unpaired) electrons. The summed E-state index contributed by atoms with van der Waals surface area (Å²) in [4.78, 5) is 15.5. The summed E-state index contributed by atoms with van der Waals surface area (Å²) in [6, 6.07) is 0.390. The van der Waals surface area contributed by atoms with Gasteiger partial charge in [0, 0.05) is 11.8 Å². The molecule has 3 N–H and O–H groups in total. The van der Waals surface area contributed by atoms with E-state index in [1.807, 2.05) is 0 Å². The molecule has 114 valence electrons. The lowest BCUT2D eigenvalue weighted by atomic mass is 10.1. The van der Waals surface area contributed by atoms with E-state index in [-0.39, 0.29) is 11.4 Å². The summed E-state index contributed by atoms with van der Waals surface area (Å²) < 4.78 is 27.0. The normalized spacial score (nSPS) is 30.8. The van der Waals surface area contributed by atoms with Crippen molar-refractivity contribution in [1.29, 1.82) is 0 Å². The van der Waals surface area contributed by atoms with Crippen LogP contribution in [0.15, 0.2) is 28.5 Å². The van der Waals surface area contributed by atoms with Gasteiger partial charge in [0.05, 0.1) is 6.61 Å². The number of anilines is 1. The molecule has 2 aliphatic rings. The van der Waals surface area contributed by atoms with Gasteiger partial charge in [-0.1, -0.05) is 0 Å². The lowest BCUT2D eigenvalue weighted by molar-refractivity contribution is -0.149. The molecule has 1 saturated heterocycles. The molecule has 1 aromatic rings. The van der Waals surface area contributed by atoms with Gasteiger partial charge in [0.1, 0.15) is 29.9 Å². The van der Waals surface area contributed by atoms with E-state index in [0.29, 0.717) is 0 Å². The molecule has 2 heterocycles. The van der Waals surface area contributed by atoms with Crippen LogP contribution in [0.1, 0.15) is 19.9 Å². The van der Waals surface area contributed by atoms with Crippen molar-refractivity contribution < 1.29 is 19.0 Å². The largest absolute Gasteiger partial charge is 0.392 e. The van der Waals surface area contributed by atoms with Crippen LogP contribution in [-0.4, -0.2) is 39.3 Å². The summed E-state index contributed by atoms with van der Waals surface area (Å²) in [5, 5.41) is 9.38. The van der Waals surface area contributed by atoms with Gasteiger partial charge < -0.3 is 20.3 Å². The summed E-state index contributed by atoms with van der Waals surface area (Å²) in [7, 11) is 0. The standard InChI is InChI=1S/C13H16FN3O4/c1-13(2)20-10-6(5-18)8(14)9(11(10)21-13)17-4-3-7(15)16-12(17)19/h3-4,9-11,18H,5H2,1-2H3,(H2,15,16,19)/t9-,10-,11+/m1/s1. The second-order valence-corrected chi connectivity index (χ2v) is 5.54. The van der Waals surface area contributed by atoms with Gasteiger partial charge in [-0.05, 0) is 19.9 Å².